The van der Waals surface area contributed by atoms with Crippen LogP contribution >= 0.6 is 0 Å². The fraction of sp³-hybridized carbons (Fsp3) is 0.545. The quantitative estimate of drug-likeness (QED) is 0.0845. The number of carboxylic acid groups (broad SMARTS) is 2. The summed E-state index contributed by atoms with van der Waals surface area (Å²) < 4.78 is 0. The molecule has 3 aromatic rings. The molecule has 3 aromatic carbocycles. The lowest BCUT2D eigenvalue weighted by Gasteiger charge is -2.16. The minimum Gasteiger partial charge on any atom is -0.478 e. The molecule has 3 rings (SSSR count). The molecule has 0 aromatic heterocycles. The van der Waals surface area contributed by atoms with Gasteiger partial charge in [-0.05, 0) is 59.6 Å². The Morgan fingerprint density at radius 3 is 1.19 bits per heavy atom. The molecule has 0 radical (unpaired) electrons. The Morgan fingerprint density at radius 1 is 0.438 bits per heavy atom. The van der Waals surface area contributed by atoms with Crippen molar-refractivity contribution in [3.63, 3.8) is 0 Å². The Kier molecular flexibility index (Phi) is 18.7. The van der Waals surface area contributed by atoms with E-state index < -0.39 is 11.9 Å². The first-order chi connectivity index (χ1) is 23.5. The van der Waals surface area contributed by atoms with E-state index >= 15 is 0 Å². The molecule has 4 heteroatoms. The van der Waals surface area contributed by atoms with Crippen molar-refractivity contribution in [3.05, 3.63) is 82.9 Å². The predicted molar refractivity (Wildman–Crippen MR) is 202 cm³/mol. The molecule has 4 nitrogen and oxygen atoms in total. The summed E-state index contributed by atoms with van der Waals surface area (Å²) in [4.78, 5) is 24.6. The second-order valence-corrected chi connectivity index (χ2v) is 13.8. The Balaban J connectivity index is 1.62. The van der Waals surface area contributed by atoms with Gasteiger partial charge in [0.25, 0.3) is 0 Å². The van der Waals surface area contributed by atoms with E-state index in [2.05, 4.69) is 50.2 Å². The molecule has 0 saturated carbocycles. The Morgan fingerprint density at radius 2 is 0.812 bits per heavy atom. The molecule has 0 spiro atoms. The van der Waals surface area contributed by atoms with Crippen LogP contribution in [0.25, 0.3) is 22.3 Å². The molecule has 0 aliphatic carbocycles. The predicted octanol–water partition coefficient (Wildman–Crippen LogP) is 13.3. The van der Waals surface area contributed by atoms with Gasteiger partial charge in [0.1, 0.15) is 0 Å². The zero-order chi connectivity index (χ0) is 34.4. The van der Waals surface area contributed by atoms with E-state index in [1.165, 1.54) is 139 Å². The van der Waals surface area contributed by atoms with E-state index in [1.807, 2.05) is 12.1 Å². The van der Waals surface area contributed by atoms with Crippen molar-refractivity contribution >= 4 is 11.9 Å². The van der Waals surface area contributed by atoms with Gasteiger partial charge in [-0.2, -0.15) is 0 Å². The highest BCUT2D eigenvalue weighted by molar-refractivity contribution is 6.09. The summed E-state index contributed by atoms with van der Waals surface area (Å²) in [5, 5.41) is 20.1. The number of aryl methyl sites for hydroxylation is 2. The average Bonchev–Trinajstić information content (AvgIpc) is 3.09. The maximum absolute atomic E-state index is 12.5. The maximum atomic E-state index is 12.5. The molecule has 0 amide bonds. The number of carboxylic acids is 2. The lowest BCUT2D eigenvalue weighted by molar-refractivity contribution is 0.0652. The highest BCUT2D eigenvalue weighted by Gasteiger charge is 2.24. The third-order valence-corrected chi connectivity index (χ3v) is 9.80. The maximum Gasteiger partial charge on any atom is 0.337 e. The smallest absolute Gasteiger partial charge is 0.337 e. The topological polar surface area (TPSA) is 74.6 Å². The molecule has 262 valence electrons. The molecular formula is C44H62O4. The molecule has 0 bridgehead atoms. The van der Waals surface area contributed by atoms with Crippen LogP contribution < -0.4 is 0 Å². The summed E-state index contributed by atoms with van der Waals surface area (Å²) in [6, 6.07) is 19.6. The van der Waals surface area contributed by atoms with Crippen LogP contribution in [0.15, 0.2) is 60.7 Å². The molecule has 0 atom stereocenters. The number of hydrogen-bond donors (Lipinski definition) is 2. The number of hydrogen-bond acceptors (Lipinski definition) is 2. The van der Waals surface area contributed by atoms with Gasteiger partial charge in [0.2, 0.25) is 0 Å². The van der Waals surface area contributed by atoms with Crippen molar-refractivity contribution in [2.24, 2.45) is 0 Å². The van der Waals surface area contributed by atoms with Gasteiger partial charge < -0.3 is 10.2 Å². The third kappa shape index (κ3) is 13.6. The first-order valence-corrected chi connectivity index (χ1v) is 19.3. The van der Waals surface area contributed by atoms with E-state index in [4.69, 9.17) is 0 Å². The van der Waals surface area contributed by atoms with Crippen LogP contribution in [0.4, 0.5) is 0 Å². The highest BCUT2D eigenvalue weighted by atomic mass is 16.4. The van der Waals surface area contributed by atoms with Crippen molar-refractivity contribution in [2.75, 3.05) is 0 Å². The molecule has 0 saturated heterocycles. The number of aromatic carboxylic acids is 2. The third-order valence-electron chi connectivity index (χ3n) is 9.80. The summed E-state index contributed by atoms with van der Waals surface area (Å²) in [6.07, 6.45) is 28.2. The summed E-state index contributed by atoms with van der Waals surface area (Å²) in [5.74, 6) is -2.46. The first kappa shape index (κ1) is 39.0. The molecule has 0 aliphatic heterocycles. The zero-order valence-corrected chi connectivity index (χ0v) is 30.0. The zero-order valence-electron chi connectivity index (χ0n) is 30.0. The minimum atomic E-state index is -1.23. The molecule has 0 heterocycles. The summed E-state index contributed by atoms with van der Waals surface area (Å²) in [5.41, 5.74) is 4.99. The lowest BCUT2D eigenvalue weighted by Crippen LogP contribution is -2.11. The first-order valence-electron chi connectivity index (χ1n) is 19.3. The van der Waals surface area contributed by atoms with Gasteiger partial charge in [-0.3, -0.25) is 0 Å². The van der Waals surface area contributed by atoms with E-state index in [1.54, 1.807) is 6.07 Å². The Bertz CT molecular complexity index is 1340. The SMILES string of the molecule is CCCCCCCCCCCCc1ccc(-c2ccc(C(=O)O)c(C(=O)O)c2-c2ccc(CCCCCCCCCCCC)cc2)cc1. The van der Waals surface area contributed by atoms with E-state index in [0.717, 1.165) is 36.0 Å². The normalized spacial score (nSPS) is 11.2. The van der Waals surface area contributed by atoms with Crippen LogP contribution in [0.5, 0.6) is 0 Å². The van der Waals surface area contributed by atoms with Gasteiger partial charge in [-0.1, -0.05) is 184 Å². The second-order valence-electron chi connectivity index (χ2n) is 13.8. The Labute approximate surface area is 291 Å². The number of carbonyl (C=O) groups is 2. The lowest BCUT2D eigenvalue weighted by atomic mass is 9.87. The summed E-state index contributed by atoms with van der Waals surface area (Å²) in [7, 11) is 0. The van der Waals surface area contributed by atoms with Gasteiger partial charge in [0.05, 0.1) is 11.1 Å². The number of unbranched alkanes of at least 4 members (excludes halogenated alkanes) is 18. The Hall–Kier alpha value is -3.40. The van der Waals surface area contributed by atoms with Crippen molar-refractivity contribution < 1.29 is 19.8 Å². The fourth-order valence-electron chi connectivity index (χ4n) is 6.87. The van der Waals surface area contributed by atoms with Gasteiger partial charge in [0, 0.05) is 5.56 Å². The minimum absolute atomic E-state index is 0.156. The van der Waals surface area contributed by atoms with E-state index in [-0.39, 0.29) is 11.1 Å². The second kappa shape index (κ2) is 23.0. The van der Waals surface area contributed by atoms with Crippen LogP contribution in [0.1, 0.15) is 174 Å². The van der Waals surface area contributed by atoms with E-state index in [0.29, 0.717) is 5.56 Å². The van der Waals surface area contributed by atoms with Gasteiger partial charge in [0.15, 0.2) is 0 Å². The average molecular weight is 655 g/mol. The molecule has 0 unspecified atom stereocenters. The van der Waals surface area contributed by atoms with Crippen LogP contribution in [0.2, 0.25) is 0 Å². The molecule has 2 N–H and O–H groups in total. The fourth-order valence-corrected chi connectivity index (χ4v) is 6.87. The number of benzene rings is 3. The summed E-state index contributed by atoms with van der Waals surface area (Å²) >= 11 is 0. The highest BCUT2D eigenvalue weighted by Crippen LogP contribution is 2.37. The van der Waals surface area contributed by atoms with Gasteiger partial charge in [-0.25, -0.2) is 9.59 Å². The monoisotopic (exact) mass is 654 g/mol. The molecule has 0 fully saturated rings. The summed E-state index contributed by atoms with van der Waals surface area (Å²) in [6.45, 7) is 4.52. The standard InChI is InChI=1S/C44H62O4/c1-3-5-7-9-11-13-15-17-19-21-23-35-25-29-37(30-26-35)39-33-34-40(43(45)46)42(44(47)48)41(39)38-31-27-36(28-32-38)24-22-20-18-16-14-12-10-8-6-4-2/h25-34H,3-24H2,1-2H3,(H,45,46)(H,47,48). The van der Waals surface area contributed by atoms with Gasteiger partial charge in [-0.15, -0.1) is 0 Å². The van der Waals surface area contributed by atoms with Crippen LogP contribution in [-0.2, 0) is 12.8 Å². The molecular weight excluding hydrogens is 592 g/mol. The van der Waals surface area contributed by atoms with Gasteiger partial charge >= 0.3 is 11.9 Å². The van der Waals surface area contributed by atoms with Crippen LogP contribution in [0.3, 0.4) is 0 Å². The molecule has 48 heavy (non-hydrogen) atoms. The number of rotatable bonds is 26. The van der Waals surface area contributed by atoms with Crippen molar-refractivity contribution in [2.45, 2.75) is 155 Å². The van der Waals surface area contributed by atoms with Crippen LogP contribution in [0, 0.1) is 0 Å². The van der Waals surface area contributed by atoms with Crippen LogP contribution in [-0.4, -0.2) is 22.2 Å². The molecule has 0 aliphatic rings. The van der Waals surface area contributed by atoms with Crippen molar-refractivity contribution in [1.82, 2.24) is 0 Å². The van der Waals surface area contributed by atoms with E-state index in [9.17, 15) is 19.8 Å². The van der Waals surface area contributed by atoms with Crippen molar-refractivity contribution in [3.8, 4) is 22.3 Å². The largest absolute Gasteiger partial charge is 0.478 e. The van der Waals surface area contributed by atoms with Crippen molar-refractivity contribution in [1.29, 1.82) is 0 Å².